The molecule has 98 valence electrons. The molecule has 0 aliphatic heterocycles. The van der Waals surface area contributed by atoms with Crippen LogP contribution in [0.1, 0.15) is 37.8 Å². The number of aromatic nitrogens is 1. The molecular weight excluding hydrogens is 230 g/mol. The summed E-state index contributed by atoms with van der Waals surface area (Å²) in [7, 11) is 0. The molecule has 0 saturated carbocycles. The molecule has 1 heteroatoms. The van der Waals surface area contributed by atoms with Gasteiger partial charge in [0.25, 0.3) is 0 Å². The van der Waals surface area contributed by atoms with Gasteiger partial charge in [0, 0.05) is 11.8 Å². The molecule has 0 spiro atoms. The highest BCUT2D eigenvalue weighted by Crippen LogP contribution is 2.27. The summed E-state index contributed by atoms with van der Waals surface area (Å²) in [6, 6.07) is 12.7. The second-order valence-electron chi connectivity index (χ2n) is 4.74. The molecule has 0 unspecified atom stereocenters. The summed E-state index contributed by atoms with van der Waals surface area (Å²) in [6.45, 7) is 6.54. The van der Waals surface area contributed by atoms with Gasteiger partial charge in [0.05, 0.1) is 5.69 Å². The summed E-state index contributed by atoms with van der Waals surface area (Å²) in [5.74, 6) is 0. The molecule has 2 rings (SSSR count). The van der Waals surface area contributed by atoms with E-state index in [9.17, 15) is 0 Å². The predicted octanol–water partition coefficient (Wildman–Crippen LogP) is 5.26. The van der Waals surface area contributed by atoms with Crippen molar-refractivity contribution in [3.05, 3.63) is 59.8 Å². The zero-order chi connectivity index (χ0) is 13.7. The van der Waals surface area contributed by atoms with Crippen LogP contribution in [-0.4, -0.2) is 4.98 Å². The van der Waals surface area contributed by atoms with Crippen LogP contribution in [0.4, 0.5) is 0 Å². The molecule has 1 aromatic heterocycles. The molecule has 0 fully saturated rings. The molecule has 0 atom stereocenters. The van der Waals surface area contributed by atoms with E-state index in [0.717, 1.165) is 18.5 Å². The highest BCUT2D eigenvalue weighted by atomic mass is 14.7. The number of rotatable bonds is 4. The Balaban J connectivity index is 2.49. The van der Waals surface area contributed by atoms with Crippen molar-refractivity contribution in [3.8, 4) is 11.3 Å². The van der Waals surface area contributed by atoms with Gasteiger partial charge in [-0.2, -0.15) is 0 Å². The first-order valence-electron chi connectivity index (χ1n) is 6.97. The summed E-state index contributed by atoms with van der Waals surface area (Å²) >= 11 is 0. The van der Waals surface area contributed by atoms with Crippen molar-refractivity contribution in [2.75, 3.05) is 0 Å². The molecule has 0 radical (unpaired) electrons. The zero-order valence-electron chi connectivity index (χ0n) is 12.0. The number of benzene rings is 1. The second-order valence-corrected chi connectivity index (χ2v) is 4.74. The first kappa shape index (κ1) is 13.5. The molecular formula is C18H21N. The fraction of sp³-hybridized carbons (Fsp3) is 0.278. The first-order chi connectivity index (χ1) is 9.26. The van der Waals surface area contributed by atoms with Crippen molar-refractivity contribution in [1.82, 2.24) is 4.98 Å². The van der Waals surface area contributed by atoms with Crippen LogP contribution in [0.2, 0.25) is 0 Å². The molecule has 0 aliphatic rings. The zero-order valence-corrected chi connectivity index (χ0v) is 12.0. The summed E-state index contributed by atoms with van der Waals surface area (Å²) in [4.78, 5) is 4.46. The van der Waals surface area contributed by atoms with E-state index < -0.39 is 0 Å². The van der Waals surface area contributed by atoms with Gasteiger partial charge in [-0.3, -0.25) is 4.98 Å². The van der Waals surface area contributed by atoms with Gasteiger partial charge in [-0.1, -0.05) is 38.1 Å². The molecule has 0 bridgehead atoms. The maximum Gasteiger partial charge on any atom is 0.0704 e. The largest absolute Gasteiger partial charge is 0.256 e. The topological polar surface area (TPSA) is 12.9 Å². The smallest absolute Gasteiger partial charge is 0.0704 e. The van der Waals surface area contributed by atoms with Crippen molar-refractivity contribution >= 4 is 5.57 Å². The Labute approximate surface area is 116 Å². The molecule has 1 aromatic carbocycles. The Bertz CT molecular complexity index is 567. The van der Waals surface area contributed by atoms with Crippen LogP contribution in [0.5, 0.6) is 0 Å². The number of aryl methyl sites for hydroxylation is 1. The van der Waals surface area contributed by atoms with E-state index in [2.05, 4.69) is 56.1 Å². The number of hydrogen-bond donors (Lipinski definition) is 0. The second kappa shape index (κ2) is 6.33. The lowest BCUT2D eigenvalue weighted by Gasteiger charge is -2.10. The average molecular weight is 251 g/mol. The molecule has 1 heterocycles. The quantitative estimate of drug-likeness (QED) is 0.722. The predicted molar refractivity (Wildman–Crippen MR) is 83.0 cm³/mol. The van der Waals surface area contributed by atoms with E-state index in [1.165, 1.54) is 22.3 Å². The monoisotopic (exact) mass is 251 g/mol. The molecule has 2 aromatic rings. The van der Waals surface area contributed by atoms with E-state index in [4.69, 9.17) is 0 Å². The molecule has 0 aliphatic carbocycles. The molecule has 1 nitrogen and oxygen atoms in total. The van der Waals surface area contributed by atoms with E-state index in [1.54, 1.807) is 0 Å². The lowest BCUT2D eigenvalue weighted by molar-refractivity contribution is 1.17. The third kappa shape index (κ3) is 3.11. The van der Waals surface area contributed by atoms with E-state index in [0.29, 0.717) is 0 Å². The highest BCUT2D eigenvalue weighted by molar-refractivity contribution is 5.73. The molecule has 0 N–H and O–H groups in total. The summed E-state index contributed by atoms with van der Waals surface area (Å²) in [6.07, 6.45) is 6.31. The van der Waals surface area contributed by atoms with Gasteiger partial charge in [-0.15, -0.1) is 0 Å². The van der Waals surface area contributed by atoms with Crippen molar-refractivity contribution in [1.29, 1.82) is 0 Å². The van der Waals surface area contributed by atoms with Gasteiger partial charge >= 0.3 is 0 Å². The molecule has 0 saturated heterocycles. The van der Waals surface area contributed by atoms with Gasteiger partial charge in [0.2, 0.25) is 0 Å². The highest BCUT2D eigenvalue weighted by Gasteiger charge is 2.06. The van der Waals surface area contributed by atoms with Crippen molar-refractivity contribution in [2.45, 2.75) is 33.6 Å². The minimum Gasteiger partial charge on any atom is -0.256 e. The van der Waals surface area contributed by atoms with E-state index >= 15 is 0 Å². The summed E-state index contributed by atoms with van der Waals surface area (Å²) < 4.78 is 0. The number of hydrogen-bond acceptors (Lipinski definition) is 1. The number of allylic oxidation sites excluding steroid dienone is 2. The van der Waals surface area contributed by atoms with Crippen molar-refractivity contribution in [3.63, 3.8) is 0 Å². The Morgan fingerprint density at radius 2 is 2.00 bits per heavy atom. The standard InChI is InChI=1S/C18H21N/c1-4-8-15(5-2)16-11-10-14(3)17(13-16)18-9-6-7-12-19-18/h6-13H,4-5H2,1-3H3/b15-8+. The molecule has 19 heavy (non-hydrogen) atoms. The summed E-state index contributed by atoms with van der Waals surface area (Å²) in [5.41, 5.74) is 6.28. The SMILES string of the molecule is CC/C=C(\CC)c1ccc(C)c(-c2ccccn2)c1. The lowest BCUT2D eigenvalue weighted by atomic mass is 9.96. The Kier molecular flexibility index (Phi) is 4.51. The van der Waals surface area contributed by atoms with Gasteiger partial charge in [-0.05, 0) is 54.7 Å². The first-order valence-corrected chi connectivity index (χ1v) is 6.97. The van der Waals surface area contributed by atoms with E-state index in [-0.39, 0.29) is 0 Å². The van der Waals surface area contributed by atoms with Crippen LogP contribution < -0.4 is 0 Å². The van der Waals surface area contributed by atoms with Crippen LogP contribution >= 0.6 is 0 Å². The van der Waals surface area contributed by atoms with Crippen LogP contribution in [0, 0.1) is 6.92 Å². The van der Waals surface area contributed by atoms with Crippen LogP contribution in [0.25, 0.3) is 16.8 Å². The average Bonchev–Trinajstić information content (AvgIpc) is 2.46. The minimum atomic E-state index is 1.05. The van der Waals surface area contributed by atoms with Gasteiger partial charge in [0.1, 0.15) is 0 Å². The lowest BCUT2D eigenvalue weighted by Crippen LogP contribution is -1.90. The van der Waals surface area contributed by atoms with E-state index in [1.807, 2.05) is 18.3 Å². The number of nitrogens with zero attached hydrogens (tertiary/aromatic N) is 1. The summed E-state index contributed by atoms with van der Waals surface area (Å²) in [5, 5.41) is 0. The normalized spacial score (nSPS) is 11.6. The van der Waals surface area contributed by atoms with Gasteiger partial charge < -0.3 is 0 Å². The van der Waals surface area contributed by atoms with Crippen molar-refractivity contribution < 1.29 is 0 Å². The Morgan fingerprint density at radius 1 is 1.16 bits per heavy atom. The van der Waals surface area contributed by atoms with Crippen LogP contribution in [0.3, 0.4) is 0 Å². The van der Waals surface area contributed by atoms with Crippen LogP contribution in [0.15, 0.2) is 48.7 Å². The maximum atomic E-state index is 4.46. The third-order valence-electron chi connectivity index (χ3n) is 3.38. The van der Waals surface area contributed by atoms with Crippen molar-refractivity contribution in [2.24, 2.45) is 0 Å². The maximum absolute atomic E-state index is 4.46. The Hall–Kier alpha value is -1.89. The van der Waals surface area contributed by atoms with Gasteiger partial charge in [-0.25, -0.2) is 0 Å². The Morgan fingerprint density at radius 3 is 2.63 bits per heavy atom. The van der Waals surface area contributed by atoms with Crippen LogP contribution in [-0.2, 0) is 0 Å². The fourth-order valence-corrected chi connectivity index (χ4v) is 2.33. The number of pyridine rings is 1. The molecule has 0 amide bonds. The minimum absolute atomic E-state index is 1.05. The third-order valence-corrected chi connectivity index (χ3v) is 3.38. The van der Waals surface area contributed by atoms with Gasteiger partial charge in [0.15, 0.2) is 0 Å². The fourth-order valence-electron chi connectivity index (χ4n) is 2.33.